The standard InChI is InChI=1S/C15H17FN2O4S/c1-2-22-15(21)11(17)8-23-12-7-13(19)18(14(12)20)10-5-3-9(16)4-6-10/h3-6,11-12H,2,7-8,17H2,1H3/p+1. The van der Waals surface area contributed by atoms with Crippen molar-refractivity contribution in [3.05, 3.63) is 30.1 Å². The number of nitrogens with zero attached hydrogens (tertiary/aromatic N) is 1. The maximum Gasteiger partial charge on any atom is 0.365 e. The molecule has 1 fully saturated rings. The number of benzene rings is 1. The van der Waals surface area contributed by atoms with Crippen molar-refractivity contribution in [2.45, 2.75) is 24.6 Å². The number of halogens is 1. The van der Waals surface area contributed by atoms with E-state index in [1.807, 2.05) is 0 Å². The molecule has 2 unspecified atom stereocenters. The number of hydrogen-bond donors (Lipinski definition) is 1. The summed E-state index contributed by atoms with van der Waals surface area (Å²) in [5.74, 6) is -1.27. The quantitative estimate of drug-likeness (QED) is 0.596. The lowest BCUT2D eigenvalue weighted by Crippen LogP contribution is -2.66. The number of imide groups is 1. The average Bonchev–Trinajstić information content (AvgIpc) is 2.80. The second-order valence-corrected chi connectivity index (χ2v) is 6.25. The molecule has 1 heterocycles. The van der Waals surface area contributed by atoms with Crippen LogP contribution in [0, 0.1) is 5.82 Å². The van der Waals surface area contributed by atoms with Gasteiger partial charge in [-0.3, -0.25) is 9.59 Å². The molecule has 8 heteroatoms. The fraction of sp³-hybridized carbons (Fsp3) is 0.400. The van der Waals surface area contributed by atoms with Crippen LogP contribution in [0.5, 0.6) is 0 Å². The van der Waals surface area contributed by atoms with Gasteiger partial charge in [-0.15, -0.1) is 11.8 Å². The summed E-state index contributed by atoms with van der Waals surface area (Å²) in [5.41, 5.74) is 4.05. The molecule has 23 heavy (non-hydrogen) atoms. The second kappa shape index (κ2) is 7.56. The van der Waals surface area contributed by atoms with E-state index >= 15 is 0 Å². The summed E-state index contributed by atoms with van der Waals surface area (Å²) in [4.78, 5) is 37.0. The van der Waals surface area contributed by atoms with E-state index in [0.29, 0.717) is 11.4 Å². The average molecular weight is 341 g/mol. The van der Waals surface area contributed by atoms with Crippen molar-refractivity contribution in [1.82, 2.24) is 0 Å². The molecule has 2 amide bonds. The molecule has 1 aliphatic rings. The molecular weight excluding hydrogens is 323 g/mol. The number of ether oxygens (including phenoxy) is 1. The number of thioether (sulfide) groups is 1. The van der Waals surface area contributed by atoms with Gasteiger partial charge in [0.2, 0.25) is 11.8 Å². The highest BCUT2D eigenvalue weighted by atomic mass is 32.2. The first kappa shape index (κ1) is 17.4. The number of esters is 1. The molecule has 124 valence electrons. The van der Waals surface area contributed by atoms with Gasteiger partial charge in [-0.1, -0.05) is 0 Å². The molecule has 1 aromatic rings. The highest BCUT2D eigenvalue weighted by molar-refractivity contribution is 8.00. The molecule has 1 aliphatic heterocycles. The number of anilines is 1. The SMILES string of the molecule is CCOC(=O)C([NH3+])CSC1CC(=O)N(c2ccc(F)cc2)C1=O. The van der Waals surface area contributed by atoms with Gasteiger partial charge in [0.1, 0.15) is 5.82 Å². The van der Waals surface area contributed by atoms with E-state index in [9.17, 15) is 18.8 Å². The Hall–Kier alpha value is -1.93. The van der Waals surface area contributed by atoms with Gasteiger partial charge in [-0.2, -0.15) is 0 Å². The number of quaternary nitrogens is 1. The molecule has 6 nitrogen and oxygen atoms in total. The topological polar surface area (TPSA) is 91.3 Å². The first-order chi connectivity index (χ1) is 10.9. The Labute approximate surface area is 137 Å². The van der Waals surface area contributed by atoms with Crippen LogP contribution in [-0.2, 0) is 19.1 Å². The van der Waals surface area contributed by atoms with Crippen molar-refractivity contribution in [2.75, 3.05) is 17.3 Å². The lowest BCUT2D eigenvalue weighted by atomic mass is 10.3. The molecule has 0 saturated carbocycles. The summed E-state index contributed by atoms with van der Waals surface area (Å²) < 4.78 is 17.8. The van der Waals surface area contributed by atoms with Gasteiger partial charge in [0.15, 0.2) is 6.04 Å². The molecule has 0 radical (unpaired) electrons. The minimum atomic E-state index is -0.595. The Bertz CT molecular complexity index is 608. The van der Waals surface area contributed by atoms with Gasteiger partial charge in [0, 0.05) is 6.42 Å². The second-order valence-electron chi connectivity index (χ2n) is 5.02. The van der Waals surface area contributed by atoms with Gasteiger partial charge >= 0.3 is 5.97 Å². The monoisotopic (exact) mass is 341 g/mol. The summed E-state index contributed by atoms with van der Waals surface area (Å²) >= 11 is 1.21. The van der Waals surface area contributed by atoms with Crippen LogP contribution in [0.15, 0.2) is 24.3 Å². The predicted octanol–water partition coefficient (Wildman–Crippen LogP) is 0.364. The van der Waals surface area contributed by atoms with Crippen LogP contribution in [0.1, 0.15) is 13.3 Å². The Morgan fingerprint density at radius 1 is 1.43 bits per heavy atom. The number of hydrogen-bond acceptors (Lipinski definition) is 5. The molecule has 0 aliphatic carbocycles. The van der Waals surface area contributed by atoms with Crippen molar-refractivity contribution in [3.63, 3.8) is 0 Å². The Kier molecular flexibility index (Phi) is 5.73. The van der Waals surface area contributed by atoms with Crippen LogP contribution >= 0.6 is 11.8 Å². The Morgan fingerprint density at radius 2 is 2.09 bits per heavy atom. The zero-order chi connectivity index (χ0) is 17.0. The van der Waals surface area contributed by atoms with E-state index < -0.39 is 23.1 Å². The molecule has 1 saturated heterocycles. The first-order valence-corrected chi connectivity index (χ1v) is 8.22. The zero-order valence-corrected chi connectivity index (χ0v) is 13.5. The van der Waals surface area contributed by atoms with Gasteiger partial charge < -0.3 is 10.5 Å². The number of carbonyl (C=O) groups is 3. The summed E-state index contributed by atoms with van der Waals surface area (Å²) in [7, 11) is 0. The Morgan fingerprint density at radius 3 is 2.70 bits per heavy atom. The summed E-state index contributed by atoms with van der Waals surface area (Å²) in [5, 5.41) is -0.564. The maximum absolute atomic E-state index is 12.9. The van der Waals surface area contributed by atoms with E-state index in [1.165, 1.54) is 36.0 Å². The molecule has 3 N–H and O–H groups in total. The normalized spacial score (nSPS) is 19.1. The van der Waals surface area contributed by atoms with Gasteiger partial charge in [0.25, 0.3) is 0 Å². The van der Waals surface area contributed by atoms with Crippen molar-refractivity contribution in [2.24, 2.45) is 0 Å². The van der Waals surface area contributed by atoms with Crippen LogP contribution < -0.4 is 10.6 Å². The molecule has 2 atom stereocenters. The lowest BCUT2D eigenvalue weighted by molar-refractivity contribution is -0.401. The van der Waals surface area contributed by atoms with Crippen LogP contribution in [0.3, 0.4) is 0 Å². The van der Waals surface area contributed by atoms with Crippen LogP contribution in [0.25, 0.3) is 0 Å². The molecule has 1 aromatic carbocycles. The summed E-state index contributed by atoms with van der Waals surface area (Å²) in [6, 6.07) is 4.58. The van der Waals surface area contributed by atoms with E-state index in [1.54, 1.807) is 6.92 Å². The van der Waals surface area contributed by atoms with E-state index in [2.05, 4.69) is 5.73 Å². The fourth-order valence-corrected chi connectivity index (χ4v) is 3.27. The first-order valence-electron chi connectivity index (χ1n) is 7.17. The van der Waals surface area contributed by atoms with Crippen LogP contribution in [0.2, 0.25) is 0 Å². The van der Waals surface area contributed by atoms with Crippen LogP contribution in [0.4, 0.5) is 10.1 Å². The lowest BCUT2D eigenvalue weighted by Gasteiger charge is -2.15. The molecular formula is C15H18FN2O4S+. The molecule has 0 aromatic heterocycles. The number of rotatable bonds is 6. The molecule has 2 rings (SSSR count). The van der Waals surface area contributed by atoms with E-state index in [4.69, 9.17) is 4.74 Å². The summed E-state index contributed by atoms with van der Waals surface area (Å²) in [6.07, 6.45) is 0.0520. The molecule has 0 bridgehead atoms. The third-order valence-electron chi connectivity index (χ3n) is 3.31. The van der Waals surface area contributed by atoms with Crippen molar-refractivity contribution >= 4 is 35.2 Å². The Balaban J connectivity index is 1.98. The summed E-state index contributed by atoms with van der Waals surface area (Å²) in [6.45, 7) is 1.98. The predicted molar refractivity (Wildman–Crippen MR) is 83.1 cm³/mol. The smallest absolute Gasteiger partial charge is 0.365 e. The number of carbonyl (C=O) groups excluding carboxylic acids is 3. The maximum atomic E-state index is 12.9. The number of amides is 2. The minimum Gasteiger partial charge on any atom is -0.462 e. The van der Waals surface area contributed by atoms with Crippen molar-refractivity contribution in [3.8, 4) is 0 Å². The molecule has 0 spiro atoms. The van der Waals surface area contributed by atoms with Gasteiger partial charge in [-0.25, -0.2) is 14.1 Å². The van der Waals surface area contributed by atoms with Gasteiger partial charge in [-0.05, 0) is 31.2 Å². The highest BCUT2D eigenvalue weighted by Gasteiger charge is 2.40. The largest absolute Gasteiger partial charge is 0.462 e. The van der Waals surface area contributed by atoms with E-state index in [-0.39, 0.29) is 24.8 Å². The van der Waals surface area contributed by atoms with Crippen molar-refractivity contribution < 1.29 is 29.2 Å². The van der Waals surface area contributed by atoms with Gasteiger partial charge in [0.05, 0.1) is 23.3 Å². The minimum absolute atomic E-state index is 0.0520. The van der Waals surface area contributed by atoms with Crippen LogP contribution in [-0.4, -0.2) is 41.4 Å². The third kappa shape index (κ3) is 4.08. The van der Waals surface area contributed by atoms with E-state index in [0.717, 1.165) is 4.90 Å². The fourth-order valence-electron chi connectivity index (χ4n) is 2.16. The highest BCUT2D eigenvalue weighted by Crippen LogP contribution is 2.29. The zero-order valence-electron chi connectivity index (χ0n) is 12.7. The van der Waals surface area contributed by atoms with Crippen molar-refractivity contribution in [1.29, 1.82) is 0 Å². The third-order valence-corrected chi connectivity index (χ3v) is 4.67.